The highest BCUT2D eigenvalue weighted by atomic mass is 32.2. The maximum atomic E-state index is 13.1. The number of rotatable bonds is 5. The molecule has 1 unspecified atom stereocenters. The minimum atomic E-state index is -3.49. The van der Waals surface area contributed by atoms with Crippen LogP contribution in [-0.4, -0.2) is 86.0 Å². The summed E-state index contributed by atoms with van der Waals surface area (Å²) >= 11 is 0. The molecule has 1 aromatic rings. The lowest BCUT2D eigenvalue weighted by atomic mass is 9.94. The monoisotopic (exact) mass is 395 g/mol. The number of aliphatic hydroxyl groups is 1. The van der Waals surface area contributed by atoms with Gasteiger partial charge in [-0.1, -0.05) is 30.3 Å². The topological polar surface area (TPSA) is 90.0 Å². The third kappa shape index (κ3) is 4.34. The summed E-state index contributed by atoms with van der Waals surface area (Å²) in [6.07, 6.45) is 1.28. The second-order valence-electron chi connectivity index (χ2n) is 7.54. The Morgan fingerprint density at radius 2 is 1.74 bits per heavy atom. The van der Waals surface area contributed by atoms with E-state index in [-0.39, 0.29) is 5.91 Å². The van der Waals surface area contributed by atoms with Gasteiger partial charge in [-0.25, -0.2) is 8.42 Å². The third-order valence-electron chi connectivity index (χ3n) is 5.79. The lowest BCUT2D eigenvalue weighted by Gasteiger charge is -2.42. The van der Waals surface area contributed by atoms with Crippen molar-refractivity contribution in [2.24, 2.45) is 0 Å². The Morgan fingerprint density at radius 1 is 1.15 bits per heavy atom. The van der Waals surface area contributed by atoms with Gasteiger partial charge in [0.25, 0.3) is 0 Å². The SMILES string of the molecule is CS(=O)(=O)C1(C(=O)N2CCN(CC(O)c3ccccc3)CC2)CCNCC1. The van der Waals surface area contributed by atoms with Crippen LogP contribution < -0.4 is 5.32 Å². The molecule has 2 aliphatic rings. The van der Waals surface area contributed by atoms with Gasteiger partial charge in [0, 0.05) is 39.0 Å². The molecule has 8 heteroatoms. The minimum absolute atomic E-state index is 0.255. The predicted molar refractivity (Wildman–Crippen MR) is 104 cm³/mol. The van der Waals surface area contributed by atoms with Crippen molar-refractivity contribution in [3.05, 3.63) is 35.9 Å². The van der Waals surface area contributed by atoms with Crippen LogP contribution in [0.15, 0.2) is 30.3 Å². The summed E-state index contributed by atoms with van der Waals surface area (Å²) in [5.41, 5.74) is 0.877. The van der Waals surface area contributed by atoms with Crippen molar-refractivity contribution in [3.63, 3.8) is 0 Å². The van der Waals surface area contributed by atoms with Crippen molar-refractivity contribution < 1.29 is 18.3 Å². The number of carbonyl (C=O) groups is 1. The number of sulfone groups is 1. The number of carbonyl (C=O) groups excluding carboxylic acids is 1. The van der Waals surface area contributed by atoms with E-state index in [0.717, 1.165) is 5.56 Å². The normalized spacial score (nSPS) is 22.4. The smallest absolute Gasteiger partial charge is 0.244 e. The molecule has 27 heavy (non-hydrogen) atoms. The number of aliphatic hydroxyl groups excluding tert-OH is 1. The van der Waals surface area contributed by atoms with Crippen LogP contribution in [0.25, 0.3) is 0 Å². The zero-order valence-corrected chi connectivity index (χ0v) is 16.6. The van der Waals surface area contributed by atoms with Gasteiger partial charge in [-0.3, -0.25) is 9.69 Å². The maximum absolute atomic E-state index is 13.1. The van der Waals surface area contributed by atoms with Crippen LogP contribution >= 0.6 is 0 Å². The highest BCUT2D eigenvalue weighted by Crippen LogP contribution is 2.30. The molecule has 2 saturated heterocycles. The highest BCUT2D eigenvalue weighted by Gasteiger charge is 2.50. The highest BCUT2D eigenvalue weighted by molar-refractivity contribution is 7.92. The summed E-state index contributed by atoms with van der Waals surface area (Å²) in [6.45, 7) is 3.84. The molecule has 0 aliphatic carbocycles. The standard InChI is InChI=1S/C19H29N3O4S/c1-27(25,26)19(7-9-20-10-8-19)18(24)22-13-11-21(12-14-22)15-17(23)16-5-3-2-4-6-16/h2-6,17,20,23H,7-15H2,1H3. The van der Waals surface area contributed by atoms with E-state index in [1.165, 1.54) is 6.26 Å². The van der Waals surface area contributed by atoms with Crippen LogP contribution in [0.5, 0.6) is 0 Å². The number of benzene rings is 1. The van der Waals surface area contributed by atoms with E-state index in [0.29, 0.717) is 58.7 Å². The van der Waals surface area contributed by atoms with Crippen molar-refractivity contribution >= 4 is 15.7 Å². The molecule has 7 nitrogen and oxygen atoms in total. The van der Waals surface area contributed by atoms with Gasteiger partial charge in [0.1, 0.15) is 0 Å². The summed E-state index contributed by atoms with van der Waals surface area (Å²) in [5, 5.41) is 13.5. The first kappa shape index (κ1) is 20.3. The second-order valence-corrected chi connectivity index (χ2v) is 9.86. The van der Waals surface area contributed by atoms with E-state index in [4.69, 9.17) is 0 Å². The number of nitrogens with one attached hydrogen (secondary N) is 1. The van der Waals surface area contributed by atoms with Crippen LogP contribution in [0.4, 0.5) is 0 Å². The summed E-state index contributed by atoms with van der Waals surface area (Å²) in [5.74, 6) is -0.255. The number of nitrogens with zero attached hydrogens (tertiary/aromatic N) is 2. The molecule has 0 saturated carbocycles. The fourth-order valence-corrected chi connectivity index (χ4v) is 5.41. The number of piperidine rings is 1. The van der Waals surface area contributed by atoms with Gasteiger partial charge in [-0.05, 0) is 31.5 Å². The lowest BCUT2D eigenvalue weighted by Crippen LogP contribution is -2.61. The first-order chi connectivity index (χ1) is 12.8. The van der Waals surface area contributed by atoms with E-state index < -0.39 is 20.7 Å². The molecule has 1 atom stereocenters. The molecule has 3 rings (SSSR count). The van der Waals surface area contributed by atoms with Gasteiger partial charge in [-0.15, -0.1) is 0 Å². The molecular weight excluding hydrogens is 366 g/mol. The zero-order chi connectivity index (χ0) is 19.5. The first-order valence-electron chi connectivity index (χ1n) is 9.48. The van der Waals surface area contributed by atoms with Crippen LogP contribution in [-0.2, 0) is 14.6 Å². The number of β-amino-alcohol motifs (C(OH)–C–C–N with tert-alkyl or cyclic N) is 1. The predicted octanol–water partition coefficient (Wildman–Crippen LogP) is 0.0310. The van der Waals surface area contributed by atoms with Gasteiger partial charge in [0.15, 0.2) is 14.6 Å². The molecule has 0 aromatic heterocycles. The summed E-state index contributed by atoms with van der Waals surface area (Å²) in [7, 11) is -3.49. The Kier molecular flexibility index (Phi) is 6.20. The Morgan fingerprint density at radius 3 is 2.30 bits per heavy atom. The Hall–Kier alpha value is -1.48. The average molecular weight is 396 g/mol. The Labute approximate surface area is 161 Å². The van der Waals surface area contributed by atoms with E-state index in [9.17, 15) is 18.3 Å². The van der Waals surface area contributed by atoms with Crippen molar-refractivity contribution in [1.29, 1.82) is 0 Å². The number of hydrogen-bond acceptors (Lipinski definition) is 6. The number of hydrogen-bond donors (Lipinski definition) is 2. The average Bonchev–Trinajstić information content (AvgIpc) is 2.68. The summed E-state index contributed by atoms with van der Waals surface area (Å²) in [4.78, 5) is 16.9. The molecule has 150 valence electrons. The van der Waals surface area contributed by atoms with Crippen LogP contribution in [0.1, 0.15) is 24.5 Å². The van der Waals surface area contributed by atoms with E-state index in [2.05, 4.69) is 10.2 Å². The number of piperazine rings is 1. The van der Waals surface area contributed by atoms with E-state index >= 15 is 0 Å². The molecular formula is C19H29N3O4S. The van der Waals surface area contributed by atoms with Crippen LogP contribution in [0.3, 0.4) is 0 Å². The summed E-state index contributed by atoms with van der Waals surface area (Å²) < 4.78 is 23.6. The van der Waals surface area contributed by atoms with Gasteiger partial charge in [0.2, 0.25) is 5.91 Å². The quantitative estimate of drug-likeness (QED) is 0.731. The zero-order valence-electron chi connectivity index (χ0n) is 15.8. The molecule has 1 aromatic carbocycles. The second kappa shape index (κ2) is 8.26. The first-order valence-corrected chi connectivity index (χ1v) is 11.4. The van der Waals surface area contributed by atoms with Crippen molar-refractivity contribution in [1.82, 2.24) is 15.1 Å². The van der Waals surface area contributed by atoms with E-state index in [1.807, 2.05) is 30.3 Å². The molecule has 2 aliphatic heterocycles. The maximum Gasteiger partial charge on any atom is 0.244 e. The molecule has 2 fully saturated rings. The molecule has 1 amide bonds. The molecule has 2 N–H and O–H groups in total. The molecule has 2 heterocycles. The summed E-state index contributed by atoms with van der Waals surface area (Å²) in [6, 6.07) is 9.52. The van der Waals surface area contributed by atoms with Crippen molar-refractivity contribution in [2.75, 3.05) is 52.1 Å². The minimum Gasteiger partial charge on any atom is -0.387 e. The van der Waals surface area contributed by atoms with Crippen LogP contribution in [0.2, 0.25) is 0 Å². The van der Waals surface area contributed by atoms with Gasteiger partial charge in [-0.2, -0.15) is 0 Å². The lowest BCUT2D eigenvalue weighted by molar-refractivity contribution is -0.136. The van der Waals surface area contributed by atoms with Gasteiger partial charge < -0.3 is 15.3 Å². The largest absolute Gasteiger partial charge is 0.387 e. The molecule has 0 radical (unpaired) electrons. The fourth-order valence-electron chi connectivity index (χ4n) is 4.02. The molecule has 0 bridgehead atoms. The Bertz CT molecular complexity index is 739. The fraction of sp³-hybridized carbons (Fsp3) is 0.632. The van der Waals surface area contributed by atoms with Crippen molar-refractivity contribution in [3.8, 4) is 0 Å². The van der Waals surface area contributed by atoms with Gasteiger partial charge in [0.05, 0.1) is 6.10 Å². The van der Waals surface area contributed by atoms with Gasteiger partial charge >= 0.3 is 0 Å². The third-order valence-corrected chi connectivity index (χ3v) is 7.79. The molecule has 0 spiro atoms. The Balaban J connectivity index is 1.60. The van der Waals surface area contributed by atoms with E-state index in [1.54, 1.807) is 4.90 Å². The number of amides is 1. The van der Waals surface area contributed by atoms with Crippen LogP contribution in [0, 0.1) is 0 Å². The van der Waals surface area contributed by atoms with Crippen molar-refractivity contribution in [2.45, 2.75) is 23.7 Å².